The van der Waals surface area contributed by atoms with Crippen LogP contribution in [0.1, 0.15) is 33.7 Å². The second-order valence-corrected chi connectivity index (χ2v) is 13.7. The number of thiazole rings is 1. The second kappa shape index (κ2) is 16.8. The lowest BCUT2D eigenvalue weighted by atomic mass is 10.1. The van der Waals surface area contributed by atoms with Crippen LogP contribution in [0.4, 0.5) is 10.8 Å². The van der Waals surface area contributed by atoms with E-state index in [1.54, 1.807) is 53.8 Å². The molecule has 0 radical (unpaired) electrons. The molecule has 3 amide bonds. The monoisotopic (exact) mass is 716 g/mol. The Balaban J connectivity index is 1.19. The van der Waals surface area contributed by atoms with Crippen molar-refractivity contribution in [2.24, 2.45) is 0 Å². The van der Waals surface area contributed by atoms with Crippen LogP contribution < -0.4 is 20.7 Å². The number of amides is 3. The quantitative estimate of drug-likeness (QED) is 0.0813. The minimum absolute atomic E-state index is 0.0506. The molecule has 250 valence electrons. The molecule has 0 aliphatic heterocycles. The number of rotatable bonds is 13. The van der Waals surface area contributed by atoms with Crippen molar-refractivity contribution in [1.29, 1.82) is 0 Å². The summed E-state index contributed by atoms with van der Waals surface area (Å²) in [6, 6.07) is 36.7. The van der Waals surface area contributed by atoms with E-state index in [9.17, 15) is 14.4 Å². The zero-order valence-corrected chi connectivity index (χ0v) is 29.3. The number of aromatic nitrogens is 1. The molecular weight excluding hydrogens is 685 g/mol. The van der Waals surface area contributed by atoms with Crippen LogP contribution in [-0.2, 0) is 9.59 Å². The summed E-state index contributed by atoms with van der Waals surface area (Å²) in [5.74, 6) is -0.529. The van der Waals surface area contributed by atoms with E-state index in [1.165, 1.54) is 23.1 Å². The van der Waals surface area contributed by atoms with Gasteiger partial charge < -0.3 is 20.7 Å². The molecule has 0 aliphatic carbocycles. The normalized spacial score (nSPS) is 11.7. The first kappa shape index (κ1) is 34.4. The molecule has 8 nitrogen and oxygen atoms in total. The molecule has 0 saturated heterocycles. The third-order valence-electron chi connectivity index (χ3n) is 7.26. The zero-order chi connectivity index (χ0) is 34.7. The van der Waals surface area contributed by atoms with Crippen LogP contribution >= 0.6 is 34.4 Å². The molecule has 0 fully saturated rings. The van der Waals surface area contributed by atoms with Gasteiger partial charge in [-0.05, 0) is 72.5 Å². The molecular formula is C39H32N4O4S3. The minimum Gasteiger partial charge on any atom is -0.493 e. The van der Waals surface area contributed by atoms with Gasteiger partial charge in [-0.25, -0.2) is 4.98 Å². The van der Waals surface area contributed by atoms with Crippen LogP contribution in [0.2, 0.25) is 0 Å². The van der Waals surface area contributed by atoms with Crippen LogP contribution in [0.25, 0.3) is 16.6 Å². The molecule has 11 heteroatoms. The lowest BCUT2D eigenvalue weighted by molar-refractivity contribution is -0.116. The fraction of sp³-hybridized carbons (Fsp3) is 0.0769. The SMILES string of the molecule is CCOc1ccccc1/C=C(\NC(=O)c1ccccc1)C(=O)Nc1ccc(SC(C(=O)Nc2nc(-c3cccs3)cs2)c2ccccc2)cc1. The van der Waals surface area contributed by atoms with E-state index in [0.717, 1.165) is 21.0 Å². The van der Waals surface area contributed by atoms with Gasteiger partial charge in [-0.15, -0.1) is 34.4 Å². The van der Waals surface area contributed by atoms with Crippen molar-refractivity contribution in [1.82, 2.24) is 10.3 Å². The van der Waals surface area contributed by atoms with Crippen molar-refractivity contribution in [3.05, 3.63) is 154 Å². The van der Waals surface area contributed by atoms with E-state index in [2.05, 4.69) is 20.9 Å². The van der Waals surface area contributed by atoms with E-state index in [-0.39, 0.29) is 11.6 Å². The first-order valence-corrected chi connectivity index (χ1v) is 18.3. The molecule has 6 rings (SSSR count). The highest BCUT2D eigenvalue weighted by atomic mass is 32.2. The van der Waals surface area contributed by atoms with E-state index < -0.39 is 17.1 Å². The number of benzene rings is 4. The van der Waals surface area contributed by atoms with Crippen LogP contribution in [0, 0.1) is 0 Å². The molecule has 0 saturated carbocycles. The molecule has 0 bridgehead atoms. The van der Waals surface area contributed by atoms with E-state index >= 15 is 0 Å². The van der Waals surface area contributed by atoms with Gasteiger partial charge in [0.1, 0.15) is 16.7 Å². The van der Waals surface area contributed by atoms with Crippen LogP contribution in [0.3, 0.4) is 0 Å². The van der Waals surface area contributed by atoms with E-state index in [0.29, 0.717) is 34.3 Å². The van der Waals surface area contributed by atoms with Crippen molar-refractivity contribution in [2.75, 3.05) is 17.2 Å². The van der Waals surface area contributed by atoms with Crippen molar-refractivity contribution in [3.63, 3.8) is 0 Å². The smallest absolute Gasteiger partial charge is 0.272 e. The molecule has 50 heavy (non-hydrogen) atoms. The summed E-state index contributed by atoms with van der Waals surface area (Å²) in [6.45, 7) is 2.33. The molecule has 4 aromatic carbocycles. The summed E-state index contributed by atoms with van der Waals surface area (Å²) in [4.78, 5) is 46.9. The summed E-state index contributed by atoms with van der Waals surface area (Å²) < 4.78 is 5.75. The van der Waals surface area contributed by atoms with Gasteiger partial charge in [-0.2, -0.15) is 0 Å². The average molecular weight is 717 g/mol. The van der Waals surface area contributed by atoms with Crippen molar-refractivity contribution >= 4 is 69.1 Å². The Bertz CT molecular complexity index is 2080. The number of thiophene rings is 1. The summed E-state index contributed by atoms with van der Waals surface area (Å²) in [5.41, 5.74) is 3.30. The van der Waals surface area contributed by atoms with Crippen LogP contribution in [0.15, 0.2) is 143 Å². The summed E-state index contributed by atoms with van der Waals surface area (Å²) in [7, 11) is 0. The third-order valence-corrected chi connectivity index (χ3v) is 10.2. The maximum Gasteiger partial charge on any atom is 0.272 e. The number of nitrogens with one attached hydrogen (secondary N) is 3. The minimum atomic E-state index is -0.557. The number of anilines is 2. The third kappa shape index (κ3) is 8.94. The van der Waals surface area contributed by atoms with Gasteiger partial charge in [-0.1, -0.05) is 72.8 Å². The van der Waals surface area contributed by atoms with Crippen molar-refractivity contribution < 1.29 is 19.1 Å². The summed E-state index contributed by atoms with van der Waals surface area (Å²) in [6.07, 6.45) is 1.60. The van der Waals surface area contributed by atoms with Gasteiger partial charge in [0, 0.05) is 27.1 Å². The Morgan fingerprint density at radius 2 is 1.54 bits per heavy atom. The number of hydrogen-bond acceptors (Lipinski definition) is 8. The fourth-order valence-corrected chi connectivity index (χ4v) is 7.38. The molecule has 1 atom stereocenters. The summed E-state index contributed by atoms with van der Waals surface area (Å²) in [5, 5.41) is 12.6. The first-order chi connectivity index (χ1) is 24.5. The Labute approximate surface area is 302 Å². The number of nitrogens with zero attached hydrogens (tertiary/aromatic N) is 1. The number of ether oxygens (including phenoxy) is 1. The topological polar surface area (TPSA) is 109 Å². The molecule has 3 N–H and O–H groups in total. The molecule has 2 aromatic heterocycles. The fourth-order valence-electron chi connectivity index (χ4n) is 4.88. The van der Waals surface area contributed by atoms with Crippen LogP contribution in [0.5, 0.6) is 5.75 Å². The number of para-hydroxylation sites is 1. The Morgan fingerprint density at radius 1 is 0.820 bits per heavy atom. The van der Waals surface area contributed by atoms with Gasteiger partial charge in [-0.3, -0.25) is 14.4 Å². The molecule has 0 spiro atoms. The van der Waals surface area contributed by atoms with E-state index in [4.69, 9.17) is 4.74 Å². The van der Waals surface area contributed by atoms with Gasteiger partial charge in [0.05, 0.1) is 17.2 Å². The number of hydrogen-bond donors (Lipinski definition) is 3. The van der Waals surface area contributed by atoms with E-state index in [1.807, 2.05) is 103 Å². The Morgan fingerprint density at radius 3 is 2.26 bits per heavy atom. The number of carbonyl (C=O) groups is 3. The summed E-state index contributed by atoms with van der Waals surface area (Å²) >= 11 is 4.38. The van der Waals surface area contributed by atoms with Crippen LogP contribution in [-0.4, -0.2) is 29.3 Å². The Kier molecular flexibility index (Phi) is 11.5. The highest BCUT2D eigenvalue weighted by Gasteiger charge is 2.24. The zero-order valence-electron chi connectivity index (χ0n) is 26.9. The Hall–Kier alpha value is -5.49. The largest absolute Gasteiger partial charge is 0.493 e. The number of carbonyl (C=O) groups excluding carboxylic acids is 3. The maximum atomic E-state index is 13.6. The van der Waals surface area contributed by atoms with Gasteiger partial charge >= 0.3 is 0 Å². The lowest BCUT2D eigenvalue weighted by Gasteiger charge is -2.17. The predicted molar refractivity (Wildman–Crippen MR) is 204 cm³/mol. The lowest BCUT2D eigenvalue weighted by Crippen LogP contribution is -2.30. The van der Waals surface area contributed by atoms with Gasteiger partial charge in [0.25, 0.3) is 11.8 Å². The standard InChI is InChI=1S/C39H32N4O4S3/c1-2-47-33-17-10-9-16-28(33)24-31(41-36(44)27-14-7-4-8-15-27)37(45)40-29-19-21-30(22-20-29)50-35(26-12-5-3-6-13-26)38(46)43-39-42-32(25-49-39)34-18-11-23-48-34/h3-25,35H,2H2,1H3,(H,40,45)(H,41,44)(H,42,43,46)/b31-24-. The van der Waals surface area contributed by atoms with Gasteiger partial charge in [0.2, 0.25) is 5.91 Å². The first-order valence-electron chi connectivity index (χ1n) is 15.7. The molecule has 6 aromatic rings. The maximum absolute atomic E-state index is 13.6. The molecule has 0 aliphatic rings. The van der Waals surface area contributed by atoms with Crippen molar-refractivity contribution in [3.8, 4) is 16.3 Å². The van der Waals surface area contributed by atoms with Gasteiger partial charge in [0.15, 0.2) is 5.13 Å². The molecule has 1 unspecified atom stereocenters. The predicted octanol–water partition coefficient (Wildman–Crippen LogP) is 9.15. The number of thioether (sulfide) groups is 1. The second-order valence-electron chi connectivity index (χ2n) is 10.7. The highest BCUT2D eigenvalue weighted by molar-refractivity contribution is 8.00. The average Bonchev–Trinajstić information content (AvgIpc) is 3.85. The highest BCUT2D eigenvalue weighted by Crippen LogP contribution is 2.37. The molecule has 2 heterocycles. The van der Waals surface area contributed by atoms with Crippen molar-refractivity contribution in [2.45, 2.75) is 17.1 Å².